The fraction of sp³-hybridized carbons (Fsp3) is 0.467. The van der Waals surface area contributed by atoms with Crippen molar-refractivity contribution in [3.05, 3.63) is 29.6 Å². The van der Waals surface area contributed by atoms with Crippen LogP contribution in [0.1, 0.15) is 18.4 Å². The Hall–Kier alpha value is -1.95. The molecule has 1 fully saturated rings. The molecule has 3 rings (SSSR count). The number of hydrogen-bond donors (Lipinski definition) is 2. The number of anilines is 1. The summed E-state index contributed by atoms with van der Waals surface area (Å²) < 4.78 is 13.5. The van der Waals surface area contributed by atoms with Crippen LogP contribution in [-0.2, 0) is 0 Å². The first-order valence-electron chi connectivity index (χ1n) is 7.30. The van der Waals surface area contributed by atoms with Gasteiger partial charge < -0.3 is 10.6 Å². The molecule has 0 saturated carbocycles. The van der Waals surface area contributed by atoms with Gasteiger partial charge in [-0.15, -0.1) is 5.10 Å². The van der Waals surface area contributed by atoms with Crippen molar-refractivity contribution in [1.29, 1.82) is 0 Å². The predicted octanol–water partition coefficient (Wildman–Crippen LogP) is 2.09. The van der Waals surface area contributed by atoms with Crippen LogP contribution in [0, 0.1) is 18.7 Å². The highest BCUT2D eigenvalue weighted by Crippen LogP contribution is 2.23. The summed E-state index contributed by atoms with van der Waals surface area (Å²) in [5.41, 5.74) is 7.34. The summed E-state index contributed by atoms with van der Waals surface area (Å²) in [7, 11) is 0. The van der Waals surface area contributed by atoms with E-state index < -0.39 is 0 Å². The highest BCUT2D eigenvalue weighted by atomic mass is 19.1. The van der Waals surface area contributed by atoms with Crippen molar-refractivity contribution in [1.82, 2.24) is 15.2 Å². The number of aryl methyl sites for hydroxylation is 1. The lowest BCUT2D eigenvalue weighted by molar-refractivity contribution is 0.420. The lowest BCUT2D eigenvalue weighted by atomic mass is 9.99. The van der Waals surface area contributed by atoms with E-state index in [4.69, 9.17) is 5.73 Å². The molecule has 1 atom stereocenters. The van der Waals surface area contributed by atoms with Crippen molar-refractivity contribution < 1.29 is 4.39 Å². The minimum Gasteiger partial charge on any atom is -0.339 e. The fourth-order valence-corrected chi connectivity index (χ4v) is 2.84. The van der Waals surface area contributed by atoms with Crippen molar-refractivity contribution in [3.63, 3.8) is 0 Å². The Bertz CT molecular complexity index is 604. The molecule has 1 aromatic carbocycles. The quantitative estimate of drug-likeness (QED) is 0.907. The van der Waals surface area contributed by atoms with Gasteiger partial charge in [0.05, 0.1) is 0 Å². The lowest BCUT2D eigenvalue weighted by Crippen LogP contribution is -2.38. The molecule has 3 N–H and O–H groups in total. The third-order valence-corrected chi connectivity index (χ3v) is 3.92. The van der Waals surface area contributed by atoms with Gasteiger partial charge in [0.25, 0.3) is 0 Å². The van der Waals surface area contributed by atoms with Gasteiger partial charge >= 0.3 is 0 Å². The predicted molar refractivity (Wildman–Crippen MR) is 80.5 cm³/mol. The van der Waals surface area contributed by atoms with Gasteiger partial charge in [0, 0.05) is 18.7 Å². The average molecular weight is 289 g/mol. The van der Waals surface area contributed by atoms with Gasteiger partial charge in [-0.25, -0.2) is 4.39 Å². The van der Waals surface area contributed by atoms with Gasteiger partial charge in [0.2, 0.25) is 5.95 Å². The number of aromatic amines is 1. The second-order valence-electron chi connectivity index (χ2n) is 5.69. The maximum Gasteiger partial charge on any atom is 0.245 e. The van der Waals surface area contributed by atoms with E-state index in [0.717, 1.165) is 37.1 Å². The lowest BCUT2D eigenvalue weighted by Gasteiger charge is -2.31. The Kier molecular flexibility index (Phi) is 3.88. The van der Waals surface area contributed by atoms with E-state index in [0.29, 0.717) is 24.2 Å². The summed E-state index contributed by atoms with van der Waals surface area (Å²) in [6.07, 6.45) is 2.26. The molecule has 5 nitrogen and oxygen atoms in total. The van der Waals surface area contributed by atoms with Gasteiger partial charge in [-0.05, 0) is 56.0 Å². The van der Waals surface area contributed by atoms with E-state index in [1.807, 2.05) is 13.0 Å². The Morgan fingerprint density at radius 3 is 3.05 bits per heavy atom. The summed E-state index contributed by atoms with van der Waals surface area (Å²) in [6.45, 7) is 4.38. The van der Waals surface area contributed by atoms with Crippen molar-refractivity contribution in [2.75, 3.05) is 24.5 Å². The van der Waals surface area contributed by atoms with E-state index in [-0.39, 0.29) is 5.82 Å². The van der Waals surface area contributed by atoms with Crippen LogP contribution in [0.2, 0.25) is 0 Å². The zero-order valence-corrected chi connectivity index (χ0v) is 12.1. The number of nitrogens with two attached hydrogens (primary N) is 1. The fourth-order valence-electron chi connectivity index (χ4n) is 2.84. The monoisotopic (exact) mass is 289 g/mol. The first kappa shape index (κ1) is 14.0. The molecule has 0 amide bonds. The van der Waals surface area contributed by atoms with Crippen LogP contribution in [0.25, 0.3) is 11.4 Å². The molecule has 1 saturated heterocycles. The number of nitrogens with zero attached hydrogens (tertiary/aromatic N) is 3. The van der Waals surface area contributed by atoms with Gasteiger partial charge in [0.15, 0.2) is 5.82 Å². The number of halogens is 1. The van der Waals surface area contributed by atoms with Crippen molar-refractivity contribution in [2.24, 2.45) is 11.7 Å². The highest BCUT2D eigenvalue weighted by molar-refractivity contribution is 5.57. The summed E-state index contributed by atoms with van der Waals surface area (Å²) >= 11 is 0. The van der Waals surface area contributed by atoms with Crippen LogP contribution in [0.3, 0.4) is 0 Å². The molecule has 1 aliphatic rings. The van der Waals surface area contributed by atoms with Gasteiger partial charge in [0.1, 0.15) is 5.82 Å². The first-order valence-corrected chi connectivity index (χ1v) is 7.30. The molecule has 0 bridgehead atoms. The first-order chi connectivity index (χ1) is 10.2. The molecule has 112 valence electrons. The van der Waals surface area contributed by atoms with E-state index in [1.165, 1.54) is 12.1 Å². The molecule has 0 aliphatic carbocycles. The summed E-state index contributed by atoms with van der Waals surface area (Å²) in [4.78, 5) is 6.65. The Morgan fingerprint density at radius 2 is 2.29 bits per heavy atom. The molecule has 21 heavy (non-hydrogen) atoms. The summed E-state index contributed by atoms with van der Waals surface area (Å²) in [5.74, 6) is 1.51. The number of aromatic nitrogens is 3. The zero-order chi connectivity index (χ0) is 14.8. The van der Waals surface area contributed by atoms with Gasteiger partial charge in [-0.2, -0.15) is 4.98 Å². The van der Waals surface area contributed by atoms with E-state index in [1.54, 1.807) is 0 Å². The molecule has 6 heteroatoms. The molecule has 0 radical (unpaired) electrons. The summed E-state index contributed by atoms with van der Waals surface area (Å²) in [5, 5.41) is 7.18. The SMILES string of the molecule is Cc1cc(F)cc(-c2nc(N3CCCC(CN)C3)n[nH]2)c1. The standard InChI is InChI=1S/C15H20FN5/c1-10-5-12(7-13(16)6-10)14-18-15(20-19-14)21-4-2-3-11(8-17)9-21/h5-7,11H,2-4,8-9,17H2,1H3,(H,18,19,20). The Morgan fingerprint density at radius 1 is 1.43 bits per heavy atom. The maximum atomic E-state index is 13.5. The van der Waals surface area contributed by atoms with Crippen LogP contribution in [0.15, 0.2) is 18.2 Å². The zero-order valence-electron chi connectivity index (χ0n) is 12.1. The normalized spacial score (nSPS) is 19.0. The molecule has 1 aromatic heterocycles. The smallest absolute Gasteiger partial charge is 0.245 e. The van der Waals surface area contributed by atoms with Gasteiger partial charge in [-0.3, -0.25) is 5.10 Å². The molecule has 1 unspecified atom stereocenters. The average Bonchev–Trinajstić information content (AvgIpc) is 2.96. The molecule has 1 aliphatic heterocycles. The van der Waals surface area contributed by atoms with E-state index in [9.17, 15) is 4.39 Å². The third kappa shape index (κ3) is 3.05. The maximum absolute atomic E-state index is 13.5. The number of H-pyrrole nitrogens is 1. The number of nitrogens with one attached hydrogen (secondary N) is 1. The van der Waals surface area contributed by atoms with Crippen molar-refractivity contribution in [2.45, 2.75) is 19.8 Å². The molecular weight excluding hydrogens is 269 g/mol. The minimum atomic E-state index is -0.260. The third-order valence-electron chi connectivity index (χ3n) is 3.92. The number of rotatable bonds is 3. The van der Waals surface area contributed by atoms with E-state index in [2.05, 4.69) is 20.1 Å². The van der Waals surface area contributed by atoms with Crippen LogP contribution in [0.5, 0.6) is 0 Å². The highest BCUT2D eigenvalue weighted by Gasteiger charge is 2.22. The molecule has 2 aromatic rings. The van der Waals surface area contributed by atoms with Crippen LogP contribution in [-0.4, -0.2) is 34.8 Å². The van der Waals surface area contributed by atoms with Crippen molar-refractivity contribution in [3.8, 4) is 11.4 Å². The molecule has 2 heterocycles. The Labute approximate surface area is 123 Å². The second-order valence-corrected chi connectivity index (χ2v) is 5.69. The molecule has 0 spiro atoms. The minimum absolute atomic E-state index is 0.260. The second kappa shape index (κ2) is 5.81. The number of hydrogen-bond acceptors (Lipinski definition) is 4. The van der Waals surface area contributed by atoms with Crippen LogP contribution in [0.4, 0.5) is 10.3 Å². The topological polar surface area (TPSA) is 70.8 Å². The number of benzene rings is 1. The van der Waals surface area contributed by atoms with Gasteiger partial charge in [-0.1, -0.05) is 0 Å². The Balaban J connectivity index is 1.82. The van der Waals surface area contributed by atoms with Crippen molar-refractivity contribution >= 4 is 5.95 Å². The largest absolute Gasteiger partial charge is 0.339 e. The van der Waals surface area contributed by atoms with Crippen LogP contribution >= 0.6 is 0 Å². The van der Waals surface area contributed by atoms with E-state index >= 15 is 0 Å². The number of piperidine rings is 1. The van der Waals surface area contributed by atoms with Crippen LogP contribution < -0.4 is 10.6 Å². The molecular formula is C15H20FN5. The summed E-state index contributed by atoms with van der Waals surface area (Å²) in [6, 6.07) is 4.86.